The number of pyridine rings is 1. The number of hydrogen-bond acceptors (Lipinski definition) is 7. The van der Waals surface area contributed by atoms with Gasteiger partial charge in [-0.15, -0.1) is 0 Å². The van der Waals surface area contributed by atoms with Crippen LogP contribution in [0.2, 0.25) is 0 Å². The first-order chi connectivity index (χ1) is 14.9. The van der Waals surface area contributed by atoms with Gasteiger partial charge in [-0.05, 0) is 18.2 Å². The van der Waals surface area contributed by atoms with Crippen molar-refractivity contribution in [2.75, 3.05) is 50.0 Å². The summed E-state index contributed by atoms with van der Waals surface area (Å²) in [4.78, 5) is 25.7. The molecule has 0 radical (unpaired) electrons. The molecule has 3 N–H and O–H groups in total. The Labute approximate surface area is 175 Å². The Bertz CT molecular complexity index is 1110. The Morgan fingerprint density at radius 3 is 2.77 bits per heavy atom. The molecule has 1 saturated heterocycles. The molecule has 0 bridgehead atoms. The van der Waals surface area contributed by atoms with E-state index in [0.717, 1.165) is 31.8 Å². The van der Waals surface area contributed by atoms with Crippen LogP contribution in [0.5, 0.6) is 0 Å². The number of ether oxygens (including phenoxy) is 1. The lowest BCUT2D eigenvalue weighted by Gasteiger charge is -2.26. The van der Waals surface area contributed by atoms with E-state index in [9.17, 15) is 18.0 Å². The number of fused-ring (bicyclic) bond motifs is 1. The maximum absolute atomic E-state index is 13.1. The van der Waals surface area contributed by atoms with Crippen molar-refractivity contribution in [3.63, 3.8) is 0 Å². The number of halogens is 3. The molecule has 0 atom stereocenters. The van der Waals surface area contributed by atoms with Crippen molar-refractivity contribution >= 4 is 28.2 Å². The smallest absolute Gasteiger partial charge is 0.379 e. The lowest BCUT2D eigenvalue weighted by Crippen LogP contribution is -2.39. The average Bonchev–Trinajstić information content (AvgIpc) is 2.74. The van der Waals surface area contributed by atoms with Crippen molar-refractivity contribution in [3.8, 4) is 0 Å². The maximum Gasteiger partial charge on any atom is 0.416 e. The van der Waals surface area contributed by atoms with Crippen LogP contribution in [0.3, 0.4) is 0 Å². The highest BCUT2D eigenvalue weighted by Crippen LogP contribution is 2.32. The van der Waals surface area contributed by atoms with Gasteiger partial charge >= 0.3 is 6.18 Å². The molecule has 0 aliphatic carbocycles. The molecule has 3 heterocycles. The second-order valence-electron chi connectivity index (χ2n) is 7.07. The number of alkyl halides is 3. The molecule has 4 rings (SSSR count). The molecule has 31 heavy (non-hydrogen) atoms. The minimum Gasteiger partial charge on any atom is -0.379 e. The molecular weight excluding hydrogens is 413 g/mol. The molecule has 1 aliphatic heterocycles. The van der Waals surface area contributed by atoms with E-state index in [0.29, 0.717) is 31.1 Å². The molecule has 3 aromatic rings. The Balaban J connectivity index is 1.60. The Morgan fingerprint density at radius 2 is 2.00 bits per heavy atom. The maximum atomic E-state index is 13.1. The van der Waals surface area contributed by atoms with Crippen molar-refractivity contribution in [1.29, 1.82) is 0 Å². The quantitative estimate of drug-likeness (QED) is 0.549. The first-order valence-electron chi connectivity index (χ1n) is 9.77. The molecule has 2 aromatic heterocycles. The van der Waals surface area contributed by atoms with Gasteiger partial charge in [0.2, 0.25) is 0 Å². The topological polar surface area (TPSA) is 95.2 Å². The summed E-state index contributed by atoms with van der Waals surface area (Å²) < 4.78 is 44.5. The molecule has 1 aromatic carbocycles. The molecule has 0 spiro atoms. The third-order valence-corrected chi connectivity index (χ3v) is 4.92. The first kappa shape index (κ1) is 21.1. The third-order valence-electron chi connectivity index (χ3n) is 4.92. The first-order valence-corrected chi connectivity index (χ1v) is 9.77. The number of H-pyrrole nitrogens is 1. The van der Waals surface area contributed by atoms with Crippen LogP contribution in [-0.2, 0) is 10.9 Å². The fourth-order valence-corrected chi connectivity index (χ4v) is 3.35. The zero-order chi connectivity index (χ0) is 21.8. The van der Waals surface area contributed by atoms with E-state index in [2.05, 4.69) is 30.5 Å². The Kier molecular flexibility index (Phi) is 6.05. The predicted octanol–water partition coefficient (Wildman–Crippen LogP) is 2.82. The molecular formula is C20H21F3N6O2. The van der Waals surface area contributed by atoms with Gasteiger partial charge in [-0.25, -0.2) is 9.97 Å². The van der Waals surface area contributed by atoms with E-state index in [1.54, 1.807) is 6.07 Å². The number of nitrogens with zero attached hydrogens (tertiary/aromatic N) is 3. The SMILES string of the molecule is O=c1[nH]cnc2cc(NCCN3CCOCC3)nc(Nc3cccc(C(F)(F)F)c3)c12. The summed E-state index contributed by atoms with van der Waals surface area (Å²) in [5.74, 6) is 0.591. The Hall–Kier alpha value is -3.18. The monoisotopic (exact) mass is 434 g/mol. The van der Waals surface area contributed by atoms with E-state index in [4.69, 9.17) is 4.74 Å². The minimum absolute atomic E-state index is 0.125. The van der Waals surface area contributed by atoms with Crippen LogP contribution in [0.15, 0.2) is 41.5 Å². The standard InChI is InChI=1S/C20H21F3N6O2/c21-20(22,23)13-2-1-3-14(10-13)27-18-17-15(25-12-26-19(17)30)11-16(28-18)24-4-5-29-6-8-31-9-7-29/h1-3,10-12H,4-9H2,(H2,24,27,28)(H,25,26,30). The molecule has 1 aliphatic rings. The van der Waals surface area contributed by atoms with Gasteiger partial charge in [0.25, 0.3) is 5.56 Å². The van der Waals surface area contributed by atoms with Gasteiger partial charge in [0.05, 0.1) is 30.6 Å². The van der Waals surface area contributed by atoms with E-state index in [1.807, 2.05) is 0 Å². The average molecular weight is 434 g/mol. The van der Waals surface area contributed by atoms with Crippen LogP contribution in [-0.4, -0.2) is 59.2 Å². The van der Waals surface area contributed by atoms with Crippen molar-refractivity contribution in [2.45, 2.75) is 6.18 Å². The summed E-state index contributed by atoms with van der Waals surface area (Å²) in [6.07, 6.45) is -3.20. The second kappa shape index (κ2) is 8.90. The van der Waals surface area contributed by atoms with Crippen LogP contribution in [0.1, 0.15) is 5.56 Å². The van der Waals surface area contributed by atoms with Crippen LogP contribution in [0.4, 0.5) is 30.5 Å². The van der Waals surface area contributed by atoms with Gasteiger partial charge in [-0.2, -0.15) is 13.2 Å². The number of hydrogen-bond donors (Lipinski definition) is 3. The van der Waals surface area contributed by atoms with Gasteiger partial charge in [-0.3, -0.25) is 9.69 Å². The largest absolute Gasteiger partial charge is 0.416 e. The van der Waals surface area contributed by atoms with Crippen molar-refractivity contribution in [3.05, 3.63) is 52.6 Å². The van der Waals surface area contributed by atoms with E-state index in [-0.39, 0.29) is 16.9 Å². The number of anilines is 3. The molecule has 11 heteroatoms. The van der Waals surface area contributed by atoms with E-state index < -0.39 is 17.3 Å². The number of nitrogens with one attached hydrogen (secondary N) is 3. The summed E-state index contributed by atoms with van der Waals surface area (Å²) in [6, 6.07) is 6.36. The number of aromatic nitrogens is 3. The van der Waals surface area contributed by atoms with Gasteiger partial charge in [-0.1, -0.05) is 6.07 Å². The summed E-state index contributed by atoms with van der Waals surface area (Å²) in [7, 11) is 0. The minimum atomic E-state index is -4.48. The van der Waals surface area contributed by atoms with E-state index in [1.165, 1.54) is 18.5 Å². The van der Waals surface area contributed by atoms with Gasteiger partial charge < -0.3 is 20.4 Å². The molecule has 164 valence electrons. The summed E-state index contributed by atoms with van der Waals surface area (Å²) in [5, 5.41) is 6.21. The van der Waals surface area contributed by atoms with Gasteiger partial charge in [0.1, 0.15) is 17.0 Å². The third kappa shape index (κ3) is 5.12. The molecule has 0 amide bonds. The highest BCUT2D eigenvalue weighted by molar-refractivity contribution is 5.92. The lowest BCUT2D eigenvalue weighted by atomic mass is 10.2. The normalized spacial score (nSPS) is 15.2. The fourth-order valence-electron chi connectivity index (χ4n) is 3.35. The van der Waals surface area contributed by atoms with Gasteiger partial charge in [0.15, 0.2) is 0 Å². The fraction of sp³-hybridized carbons (Fsp3) is 0.350. The molecule has 0 unspecified atom stereocenters. The van der Waals surface area contributed by atoms with E-state index >= 15 is 0 Å². The van der Waals surface area contributed by atoms with Crippen molar-refractivity contribution in [2.24, 2.45) is 0 Å². The highest BCUT2D eigenvalue weighted by atomic mass is 19.4. The number of benzene rings is 1. The van der Waals surface area contributed by atoms with Crippen LogP contribution >= 0.6 is 0 Å². The number of rotatable bonds is 6. The summed E-state index contributed by atoms with van der Waals surface area (Å²) >= 11 is 0. The molecule has 8 nitrogen and oxygen atoms in total. The van der Waals surface area contributed by atoms with Gasteiger partial charge in [0, 0.05) is 37.9 Å². The zero-order valence-corrected chi connectivity index (χ0v) is 16.5. The zero-order valence-electron chi connectivity index (χ0n) is 16.5. The highest BCUT2D eigenvalue weighted by Gasteiger charge is 2.30. The molecule has 1 fully saturated rings. The van der Waals surface area contributed by atoms with Crippen LogP contribution in [0.25, 0.3) is 10.9 Å². The number of morpholine rings is 1. The van der Waals surface area contributed by atoms with Crippen LogP contribution in [0, 0.1) is 0 Å². The summed E-state index contributed by atoms with van der Waals surface area (Å²) in [5.41, 5.74) is -0.695. The number of aromatic amines is 1. The predicted molar refractivity (Wildman–Crippen MR) is 111 cm³/mol. The summed E-state index contributed by atoms with van der Waals surface area (Å²) in [6.45, 7) is 4.49. The Morgan fingerprint density at radius 1 is 1.19 bits per heavy atom. The van der Waals surface area contributed by atoms with Crippen molar-refractivity contribution < 1.29 is 17.9 Å². The molecule has 0 saturated carbocycles. The van der Waals surface area contributed by atoms with Crippen molar-refractivity contribution in [1.82, 2.24) is 19.9 Å². The van der Waals surface area contributed by atoms with Crippen LogP contribution < -0.4 is 16.2 Å². The second-order valence-corrected chi connectivity index (χ2v) is 7.07. The lowest BCUT2D eigenvalue weighted by molar-refractivity contribution is -0.137.